The van der Waals surface area contributed by atoms with Crippen LogP contribution in [0.3, 0.4) is 0 Å². The summed E-state index contributed by atoms with van der Waals surface area (Å²) >= 11 is 0. The highest BCUT2D eigenvalue weighted by Crippen LogP contribution is 2.36. The first-order valence-electron chi connectivity index (χ1n) is 9.98. The normalized spacial score (nSPS) is 20.3. The van der Waals surface area contributed by atoms with Gasteiger partial charge in [0.1, 0.15) is 0 Å². The molecule has 1 aromatic rings. The van der Waals surface area contributed by atoms with Crippen LogP contribution >= 0.6 is 0 Å². The maximum Gasteiger partial charge on any atom is 0.311 e. The zero-order chi connectivity index (χ0) is 19.6. The lowest BCUT2D eigenvalue weighted by atomic mass is 10.0. The standard InChI is InChI=1S/C20H32N4O3/c1-15(2)27-20-14-18(16(3)13-19(20)24(25)26)23-7-5-17(6-8-23)22-11-9-21(4)10-12-22/h13-15,17H,5-12H2,1-4H3. The Kier molecular flexibility index (Phi) is 6.22. The number of hydrogen-bond acceptors (Lipinski definition) is 6. The summed E-state index contributed by atoms with van der Waals surface area (Å²) in [7, 11) is 2.19. The van der Waals surface area contributed by atoms with Crippen molar-refractivity contribution in [2.75, 3.05) is 51.2 Å². The van der Waals surface area contributed by atoms with Crippen molar-refractivity contribution in [3.63, 3.8) is 0 Å². The molecule has 0 aliphatic carbocycles. The second-order valence-electron chi connectivity index (χ2n) is 8.09. The summed E-state index contributed by atoms with van der Waals surface area (Å²) in [4.78, 5) is 18.4. The summed E-state index contributed by atoms with van der Waals surface area (Å²) in [5.74, 6) is 0.372. The van der Waals surface area contributed by atoms with Crippen molar-refractivity contribution in [1.82, 2.24) is 9.80 Å². The summed E-state index contributed by atoms with van der Waals surface area (Å²) in [5.41, 5.74) is 2.06. The van der Waals surface area contributed by atoms with Gasteiger partial charge >= 0.3 is 5.69 Å². The molecule has 3 rings (SSSR count). The molecule has 7 heteroatoms. The Balaban J connectivity index is 1.70. The van der Waals surface area contributed by atoms with Crippen LogP contribution in [0.15, 0.2) is 12.1 Å². The molecular formula is C20H32N4O3. The van der Waals surface area contributed by atoms with E-state index in [0.29, 0.717) is 11.8 Å². The number of likely N-dealkylation sites (N-methyl/N-ethyl adjacent to an activating group) is 1. The number of benzene rings is 1. The van der Waals surface area contributed by atoms with Gasteiger partial charge in [-0.25, -0.2) is 0 Å². The number of nitrogens with zero attached hydrogens (tertiary/aromatic N) is 4. The highest BCUT2D eigenvalue weighted by atomic mass is 16.6. The summed E-state index contributed by atoms with van der Waals surface area (Å²) in [5, 5.41) is 11.4. The van der Waals surface area contributed by atoms with E-state index in [-0.39, 0.29) is 16.7 Å². The van der Waals surface area contributed by atoms with Gasteiger partial charge in [-0.1, -0.05) is 0 Å². The molecule has 2 fully saturated rings. The minimum Gasteiger partial charge on any atom is -0.484 e. The van der Waals surface area contributed by atoms with Crippen LogP contribution in [0.4, 0.5) is 11.4 Å². The van der Waals surface area contributed by atoms with E-state index >= 15 is 0 Å². The Morgan fingerprint density at radius 3 is 2.30 bits per heavy atom. The monoisotopic (exact) mass is 376 g/mol. The Morgan fingerprint density at radius 1 is 1.11 bits per heavy atom. The Labute approximate surface area is 162 Å². The minimum absolute atomic E-state index is 0.0530. The molecule has 2 saturated heterocycles. The van der Waals surface area contributed by atoms with Crippen LogP contribution in [0.2, 0.25) is 0 Å². The smallest absolute Gasteiger partial charge is 0.311 e. The van der Waals surface area contributed by atoms with Crippen LogP contribution in [0, 0.1) is 17.0 Å². The number of aryl methyl sites for hydroxylation is 1. The number of hydrogen-bond donors (Lipinski definition) is 0. The van der Waals surface area contributed by atoms with Gasteiger partial charge in [0.25, 0.3) is 0 Å². The molecule has 150 valence electrons. The Morgan fingerprint density at radius 2 is 1.74 bits per heavy atom. The fourth-order valence-electron chi connectivity index (χ4n) is 4.15. The van der Waals surface area contributed by atoms with Crippen LogP contribution in [0.25, 0.3) is 0 Å². The highest BCUT2D eigenvalue weighted by Gasteiger charge is 2.28. The van der Waals surface area contributed by atoms with Crippen molar-refractivity contribution in [3.8, 4) is 5.75 Å². The first-order valence-corrected chi connectivity index (χ1v) is 9.98. The van der Waals surface area contributed by atoms with E-state index in [1.165, 1.54) is 0 Å². The first-order chi connectivity index (χ1) is 12.8. The fourth-order valence-corrected chi connectivity index (χ4v) is 4.15. The second kappa shape index (κ2) is 8.44. The molecule has 0 atom stereocenters. The van der Waals surface area contributed by atoms with E-state index in [2.05, 4.69) is 21.7 Å². The van der Waals surface area contributed by atoms with Gasteiger partial charge < -0.3 is 14.5 Å². The Hall–Kier alpha value is -1.86. The third kappa shape index (κ3) is 4.71. The average Bonchev–Trinajstić information content (AvgIpc) is 2.63. The van der Waals surface area contributed by atoms with Crippen molar-refractivity contribution in [2.45, 2.75) is 45.8 Å². The van der Waals surface area contributed by atoms with Crippen molar-refractivity contribution < 1.29 is 9.66 Å². The van der Waals surface area contributed by atoms with Crippen molar-refractivity contribution in [2.24, 2.45) is 0 Å². The average molecular weight is 377 g/mol. The summed E-state index contributed by atoms with van der Waals surface area (Å²) < 4.78 is 5.74. The molecule has 0 saturated carbocycles. The maximum atomic E-state index is 11.4. The van der Waals surface area contributed by atoms with Crippen LogP contribution in [0.5, 0.6) is 5.75 Å². The number of piperidine rings is 1. The van der Waals surface area contributed by atoms with Gasteiger partial charge in [-0.15, -0.1) is 0 Å². The molecule has 0 aromatic heterocycles. The lowest BCUT2D eigenvalue weighted by molar-refractivity contribution is -0.386. The topological polar surface area (TPSA) is 62.1 Å². The van der Waals surface area contributed by atoms with E-state index in [1.807, 2.05) is 26.8 Å². The highest BCUT2D eigenvalue weighted by molar-refractivity contribution is 5.64. The van der Waals surface area contributed by atoms with Crippen molar-refractivity contribution >= 4 is 11.4 Å². The van der Waals surface area contributed by atoms with E-state index in [1.54, 1.807) is 6.07 Å². The zero-order valence-electron chi connectivity index (χ0n) is 17.0. The van der Waals surface area contributed by atoms with Gasteiger partial charge in [-0.2, -0.15) is 0 Å². The third-order valence-electron chi connectivity index (χ3n) is 5.70. The van der Waals surface area contributed by atoms with Gasteiger partial charge in [0.05, 0.1) is 11.0 Å². The molecule has 0 spiro atoms. The lowest BCUT2D eigenvalue weighted by Gasteiger charge is -2.42. The molecule has 0 bridgehead atoms. The van der Waals surface area contributed by atoms with Gasteiger partial charge in [0.2, 0.25) is 0 Å². The van der Waals surface area contributed by atoms with E-state index in [9.17, 15) is 10.1 Å². The zero-order valence-corrected chi connectivity index (χ0v) is 17.0. The molecule has 0 amide bonds. The van der Waals surface area contributed by atoms with Crippen molar-refractivity contribution in [1.29, 1.82) is 0 Å². The molecule has 2 aliphatic rings. The Bertz CT molecular complexity index is 663. The number of anilines is 1. The molecule has 0 unspecified atom stereocenters. The second-order valence-corrected chi connectivity index (χ2v) is 8.09. The van der Waals surface area contributed by atoms with E-state index in [0.717, 1.165) is 63.4 Å². The van der Waals surface area contributed by atoms with Crippen molar-refractivity contribution in [3.05, 3.63) is 27.8 Å². The largest absolute Gasteiger partial charge is 0.484 e. The number of nitro groups is 1. The fraction of sp³-hybridized carbons (Fsp3) is 0.700. The van der Waals surface area contributed by atoms with Gasteiger partial charge in [0, 0.05) is 63.1 Å². The molecule has 2 heterocycles. The number of rotatable bonds is 5. The molecular weight excluding hydrogens is 344 g/mol. The maximum absolute atomic E-state index is 11.4. The van der Waals surface area contributed by atoms with Gasteiger partial charge in [-0.05, 0) is 46.2 Å². The predicted octanol–water partition coefficient (Wildman–Crippen LogP) is 2.91. The molecule has 1 aromatic carbocycles. The number of piperazine rings is 1. The SMILES string of the molecule is Cc1cc([N+](=O)[O-])c(OC(C)C)cc1N1CCC(N2CCN(C)CC2)CC1. The van der Waals surface area contributed by atoms with Crippen LogP contribution in [0.1, 0.15) is 32.3 Å². The van der Waals surface area contributed by atoms with Crippen LogP contribution in [-0.2, 0) is 0 Å². The third-order valence-corrected chi connectivity index (χ3v) is 5.70. The first kappa shape index (κ1) is 19.9. The predicted molar refractivity (Wildman–Crippen MR) is 108 cm³/mol. The van der Waals surface area contributed by atoms with Gasteiger partial charge in [-0.3, -0.25) is 15.0 Å². The summed E-state index contributed by atoms with van der Waals surface area (Å²) in [6.45, 7) is 12.3. The van der Waals surface area contributed by atoms with Gasteiger partial charge in [0.15, 0.2) is 5.75 Å². The molecule has 7 nitrogen and oxygen atoms in total. The molecule has 2 aliphatic heterocycles. The summed E-state index contributed by atoms with van der Waals surface area (Å²) in [6, 6.07) is 4.17. The van der Waals surface area contributed by atoms with Crippen LogP contribution < -0.4 is 9.64 Å². The van der Waals surface area contributed by atoms with E-state index in [4.69, 9.17) is 4.74 Å². The molecule has 27 heavy (non-hydrogen) atoms. The molecule has 0 N–H and O–H groups in total. The molecule has 0 radical (unpaired) electrons. The number of ether oxygens (including phenoxy) is 1. The quantitative estimate of drug-likeness (QED) is 0.582. The lowest BCUT2D eigenvalue weighted by Crippen LogP contribution is -2.52. The van der Waals surface area contributed by atoms with E-state index < -0.39 is 0 Å². The van der Waals surface area contributed by atoms with Crippen LogP contribution in [-0.4, -0.2) is 73.2 Å². The number of nitro benzene ring substituents is 1. The summed E-state index contributed by atoms with van der Waals surface area (Å²) in [6.07, 6.45) is 2.18. The minimum atomic E-state index is -0.353.